The standard InChI is InChI=1S/C13H21N3O3/c1-12(4-2-3-9-18-12)10-15-11(19-16-10)13(17)5-7-14-8-6-13/h14,17H,2-9H2,1H3. The summed E-state index contributed by atoms with van der Waals surface area (Å²) in [7, 11) is 0. The van der Waals surface area contributed by atoms with Gasteiger partial charge in [0.1, 0.15) is 11.2 Å². The fraction of sp³-hybridized carbons (Fsp3) is 0.846. The summed E-state index contributed by atoms with van der Waals surface area (Å²) in [4.78, 5) is 4.42. The highest BCUT2D eigenvalue weighted by Gasteiger charge is 2.40. The Morgan fingerprint density at radius 2 is 2.00 bits per heavy atom. The predicted molar refractivity (Wildman–Crippen MR) is 67.5 cm³/mol. The number of aliphatic hydroxyl groups is 1. The maximum absolute atomic E-state index is 10.6. The van der Waals surface area contributed by atoms with Gasteiger partial charge in [0.15, 0.2) is 0 Å². The Kier molecular flexibility index (Phi) is 3.32. The highest BCUT2D eigenvalue weighted by molar-refractivity contribution is 5.06. The number of aromatic nitrogens is 2. The van der Waals surface area contributed by atoms with Crippen molar-refractivity contribution >= 4 is 0 Å². The van der Waals surface area contributed by atoms with Crippen LogP contribution in [-0.4, -0.2) is 34.9 Å². The number of nitrogens with zero attached hydrogens (tertiary/aromatic N) is 2. The van der Waals surface area contributed by atoms with E-state index in [0.29, 0.717) is 24.6 Å². The van der Waals surface area contributed by atoms with Crippen LogP contribution in [0.25, 0.3) is 0 Å². The van der Waals surface area contributed by atoms with E-state index in [2.05, 4.69) is 15.5 Å². The third kappa shape index (κ3) is 2.40. The van der Waals surface area contributed by atoms with Crippen molar-refractivity contribution in [2.24, 2.45) is 0 Å². The Labute approximate surface area is 112 Å². The van der Waals surface area contributed by atoms with Gasteiger partial charge in [0.25, 0.3) is 5.89 Å². The van der Waals surface area contributed by atoms with E-state index in [0.717, 1.165) is 39.0 Å². The molecule has 6 nitrogen and oxygen atoms in total. The second-order valence-corrected chi connectivity index (χ2v) is 5.74. The molecule has 2 N–H and O–H groups in total. The average molecular weight is 267 g/mol. The molecule has 2 fully saturated rings. The lowest BCUT2D eigenvalue weighted by atomic mass is 9.92. The van der Waals surface area contributed by atoms with Gasteiger partial charge in [-0.25, -0.2) is 0 Å². The number of piperidine rings is 1. The Morgan fingerprint density at radius 1 is 1.21 bits per heavy atom. The molecule has 1 aromatic heterocycles. The molecule has 1 atom stereocenters. The normalized spacial score (nSPS) is 31.3. The Hall–Kier alpha value is -0.980. The molecule has 0 spiro atoms. The number of hydrogen-bond donors (Lipinski definition) is 2. The maximum Gasteiger partial charge on any atom is 0.258 e. The zero-order valence-electron chi connectivity index (χ0n) is 11.3. The van der Waals surface area contributed by atoms with Crippen LogP contribution < -0.4 is 5.32 Å². The van der Waals surface area contributed by atoms with Gasteiger partial charge in [0, 0.05) is 6.61 Å². The van der Waals surface area contributed by atoms with Crippen molar-refractivity contribution in [1.82, 2.24) is 15.5 Å². The van der Waals surface area contributed by atoms with E-state index in [1.54, 1.807) is 0 Å². The molecule has 0 saturated carbocycles. The second-order valence-electron chi connectivity index (χ2n) is 5.74. The molecule has 19 heavy (non-hydrogen) atoms. The highest BCUT2D eigenvalue weighted by Crippen LogP contribution is 2.35. The molecule has 0 aliphatic carbocycles. The van der Waals surface area contributed by atoms with Crippen LogP contribution in [-0.2, 0) is 15.9 Å². The Bertz CT molecular complexity index is 396. The number of rotatable bonds is 2. The first-order valence-electron chi connectivity index (χ1n) is 7.04. The summed E-state index contributed by atoms with van der Waals surface area (Å²) in [6, 6.07) is 0. The van der Waals surface area contributed by atoms with Crippen molar-refractivity contribution in [2.45, 2.75) is 50.2 Å². The van der Waals surface area contributed by atoms with Crippen molar-refractivity contribution in [1.29, 1.82) is 0 Å². The summed E-state index contributed by atoms with van der Waals surface area (Å²) >= 11 is 0. The molecule has 3 rings (SSSR count). The van der Waals surface area contributed by atoms with Crippen LogP contribution in [0.3, 0.4) is 0 Å². The van der Waals surface area contributed by atoms with Crippen LogP contribution in [0.5, 0.6) is 0 Å². The van der Waals surface area contributed by atoms with Crippen LogP contribution >= 0.6 is 0 Å². The molecule has 3 heterocycles. The quantitative estimate of drug-likeness (QED) is 0.834. The van der Waals surface area contributed by atoms with E-state index in [1.807, 2.05) is 6.92 Å². The lowest BCUT2D eigenvalue weighted by Crippen LogP contribution is -2.40. The Balaban J connectivity index is 1.82. The van der Waals surface area contributed by atoms with E-state index in [-0.39, 0.29) is 0 Å². The molecular formula is C13H21N3O3. The lowest BCUT2D eigenvalue weighted by molar-refractivity contribution is -0.0770. The van der Waals surface area contributed by atoms with Crippen molar-refractivity contribution in [2.75, 3.05) is 19.7 Å². The monoisotopic (exact) mass is 267 g/mol. The van der Waals surface area contributed by atoms with Gasteiger partial charge in [-0.1, -0.05) is 5.16 Å². The molecule has 2 aliphatic rings. The summed E-state index contributed by atoms with van der Waals surface area (Å²) in [5, 5.41) is 17.8. The fourth-order valence-corrected chi connectivity index (χ4v) is 2.79. The fourth-order valence-electron chi connectivity index (χ4n) is 2.79. The van der Waals surface area contributed by atoms with E-state index in [1.165, 1.54) is 0 Å². The molecule has 1 unspecified atom stereocenters. The topological polar surface area (TPSA) is 80.4 Å². The third-order valence-electron chi connectivity index (χ3n) is 4.20. The van der Waals surface area contributed by atoms with Gasteiger partial charge in [-0.15, -0.1) is 0 Å². The van der Waals surface area contributed by atoms with Crippen LogP contribution in [0.1, 0.15) is 50.7 Å². The Morgan fingerprint density at radius 3 is 2.68 bits per heavy atom. The van der Waals surface area contributed by atoms with E-state index >= 15 is 0 Å². The van der Waals surface area contributed by atoms with Crippen molar-refractivity contribution < 1.29 is 14.4 Å². The van der Waals surface area contributed by atoms with Crippen LogP contribution in [0.4, 0.5) is 0 Å². The van der Waals surface area contributed by atoms with E-state index < -0.39 is 11.2 Å². The molecule has 2 aliphatic heterocycles. The van der Waals surface area contributed by atoms with Crippen molar-refractivity contribution in [3.63, 3.8) is 0 Å². The summed E-state index contributed by atoms with van der Waals surface area (Å²) in [6.45, 7) is 4.26. The van der Waals surface area contributed by atoms with Gasteiger partial charge < -0.3 is 19.7 Å². The van der Waals surface area contributed by atoms with E-state index in [9.17, 15) is 5.11 Å². The van der Waals surface area contributed by atoms with Crippen LogP contribution in [0.15, 0.2) is 4.52 Å². The molecule has 0 amide bonds. The van der Waals surface area contributed by atoms with Gasteiger partial charge in [0.2, 0.25) is 5.82 Å². The summed E-state index contributed by atoms with van der Waals surface area (Å²) < 4.78 is 11.1. The van der Waals surface area contributed by atoms with Crippen LogP contribution in [0.2, 0.25) is 0 Å². The van der Waals surface area contributed by atoms with Gasteiger partial charge in [-0.3, -0.25) is 0 Å². The second kappa shape index (κ2) is 4.85. The zero-order valence-corrected chi connectivity index (χ0v) is 11.3. The predicted octanol–water partition coefficient (Wildman–Crippen LogP) is 1.06. The molecule has 106 valence electrons. The van der Waals surface area contributed by atoms with Gasteiger partial charge in [-0.2, -0.15) is 4.98 Å². The van der Waals surface area contributed by atoms with Crippen molar-refractivity contribution in [3.05, 3.63) is 11.7 Å². The average Bonchev–Trinajstić information content (AvgIpc) is 2.91. The van der Waals surface area contributed by atoms with Crippen molar-refractivity contribution in [3.8, 4) is 0 Å². The lowest BCUT2D eigenvalue weighted by Gasteiger charge is -2.31. The number of hydrogen-bond acceptors (Lipinski definition) is 6. The minimum Gasteiger partial charge on any atom is -0.380 e. The first-order chi connectivity index (χ1) is 9.12. The summed E-state index contributed by atoms with van der Waals surface area (Å²) in [5.41, 5.74) is -1.45. The largest absolute Gasteiger partial charge is 0.380 e. The SMILES string of the molecule is CC1(c2noc(C3(O)CCNCC3)n2)CCCCO1. The molecule has 1 aromatic rings. The first kappa shape index (κ1) is 13.0. The van der Waals surface area contributed by atoms with Gasteiger partial charge >= 0.3 is 0 Å². The molecule has 0 radical (unpaired) electrons. The maximum atomic E-state index is 10.6. The molecule has 0 aromatic carbocycles. The smallest absolute Gasteiger partial charge is 0.258 e. The minimum absolute atomic E-state index is 0.333. The molecular weight excluding hydrogens is 246 g/mol. The number of ether oxygens (including phenoxy) is 1. The summed E-state index contributed by atoms with van der Waals surface area (Å²) in [5.74, 6) is 0.897. The first-order valence-corrected chi connectivity index (χ1v) is 7.04. The third-order valence-corrected chi connectivity index (χ3v) is 4.20. The van der Waals surface area contributed by atoms with E-state index in [4.69, 9.17) is 9.26 Å². The molecule has 2 saturated heterocycles. The number of nitrogens with one attached hydrogen (secondary N) is 1. The summed E-state index contributed by atoms with van der Waals surface area (Å²) in [6.07, 6.45) is 4.29. The van der Waals surface area contributed by atoms with Gasteiger partial charge in [-0.05, 0) is 52.1 Å². The van der Waals surface area contributed by atoms with Crippen LogP contribution in [0, 0.1) is 0 Å². The molecule has 6 heteroatoms. The highest BCUT2D eigenvalue weighted by atomic mass is 16.5. The van der Waals surface area contributed by atoms with Gasteiger partial charge in [0.05, 0.1) is 0 Å². The molecule has 0 bridgehead atoms. The zero-order chi connectivity index (χ0) is 13.3. The minimum atomic E-state index is -0.985.